The van der Waals surface area contributed by atoms with E-state index in [4.69, 9.17) is 0 Å². The number of nitrogens with one attached hydrogen (secondary N) is 2. The van der Waals surface area contributed by atoms with E-state index < -0.39 is 47.2 Å². The summed E-state index contributed by atoms with van der Waals surface area (Å²) in [6.07, 6.45) is 1.63. The van der Waals surface area contributed by atoms with Crippen LogP contribution in [0.5, 0.6) is 0 Å². The Morgan fingerprint density at radius 1 is 0.947 bits per heavy atom. The van der Waals surface area contributed by atoms with Crippen LogP contribution in [0, 0.1) is 29.1 Å². The van der Waals surface area contributed by atoms with Crippen LogP contribution < -0.4 is 10.6 Å². The summed E-state index contributed by atoms with van der Waals surface area (Å²) < 4.78 is 64.9. The maximum atomic E-state index is 13.2. The quantitative estimate of drug-likeness (QED) is 0.503. The molecule has 0 radical (unpaired) electrons. The van der Waals surface area contributed by atoms with Gasteiger partial charge in [-0.3, -0.25) is 4.79 Å². The van der Waals surface area contributed by atoms with Crippen molar-refractivity contribution in [1.29, 1.82) is 0 Å². The summed E-state index contributed by atoms with van der Waals surface area (Å²) in [6.45, 7) is -0.575. The minimum atomic E-state index is -2.23. The first-order chi connectivity index (χ1) is 8.91. The molecule has 0 spiro atoms. The summed E-state index contributed by atoms with van der Waals surface area (Å²) in [7, 11) is 0. The molecule has 0 aliphatic heterocycles. The second-order valence-corrected chi connectivity index (χ2v) is 4.14. The first-order valence-corrected chi connectivity index (χ1v) is 5.46. The van der Waals surface area contributed by atoms with Gasteiger partial charge in [0.2, 0.25) is 11.7 Å². The second-order valence-electron chi connectivity index (χ2n) is 4.14. The van der Waals surface area contributed by atoms with Crippen molar-refractivity contribution in [3.05, 3.63) is 29.1 Å². The standard InChI is InChI=1S/C11H9F5N2O/c12-6-7(13)9(15)11(10(16)8(6)14)17-3-5(19)18-4-1-2-4/h4,17H,1-3H2,(H,18,19). The number of halogens is 5. The average Bonchev–Trinajstić information content (AvgIpc) is 3.18. The van der Waals surface area contributed by atoms with E-state index in [1.807, 2.05) is 5.32 Å². The summed E-state index contributed by atoms with van der Waals surface area (Å²) in [6, 6.07) is 0.0330. The number of amides is 1. The van der Waals surface area contributed by atoms with Crippen molar-refractivity contribution in [3.63, 3.8) is 0 Å². The lowest BCUT2D eigenvalue weighted by Gasteiger charge is -2.10. The van der Waals surface area contributed by atoms with Gasteiger partial charge in [-0.1, -0.05) is 0 Å². The Morgan fingerprint density at radius 2 is 1.42 bits per heavy atom. The number of benzene rings is 1. The Kier molecular flexibility index (Phi) is 3.59. The third-order valence-corrected chi connectivity index (χ3v) is 2.58. The van der Waals surface area contributed by atoms with Crippen molar-refractivity contribution >= 4 is 11.6 Å². The van der Waals surface area contributed by atoms with Crippen molar-refractivity contribution in [3.8, 4) is 0 Å². The highest BCUT2D eigenvalue weighted by atomic mass is 19.2. The van der Waals surface area contributed by atoms with Gasteiger partial charge in [-0.2, -0.15) is 0 Å². The number of hydrogen-bond acceptors (Lipinski definition) is 2. The van der Waals surface area contributed by atoms with E-state index in [1.165, 1.54) is 0 Å². The van der Waals surface area contributed by atoms with Gasteiger partial charge in [-0.25, -0.2) is 22.0 Å². The van der Waals surface area contributed by atoms with E-state index in [2.05, 4.69) is 5.32 Å². The van der Waals surface area contributed by atoms with Crippen LogP contribution in [-0.2, 0) is 4.79 Å². The molecule has 1 aromatic carbocycles. The van der Waals surface area contributed by atoms with Crippen LogP contribution in [0.1, 0.15) is 12.8 Å². The largest absolute Gasteiger partial charge is 0.371 e. The molecule has 0 aromatic heterocycles. The smallest absolute Gasteiger partial charge is 0.239 e. The third kappa shape index (κ3) is 2.77. The molecule has 1 saturated carbocycles. The molecular formula is C11H9F5N2O. The minimum Gasteiger partial charge on any atom is -0.371 e. The maximum absolute atomic E-state index is 13.2. The lowest BCUT2D eigenvalue weighted by molar-refractivity contribution is -0.119. The topological polar surface area (TPSA) is 41.1 Å². The van der Waals surface area contributed by atoms with Gasteiger partial charge in [-0.15, -0.1) is 0 Å². The molecule has 0 atom stereocenters. The molecule has 0 heterocycles. The molecule has 1 amide bonds. The van der Waals surface area contributed by atoms with Crippen LogP contribution in [0.15, 0.2) is 0 Å². The van der Waals surface area contributed by atoms with Gasteiger partial charge < -0.3 is 10.6 Å². The fourth-order valence-electron chi connectivity index (χ4n) is 1.44. The van der Waals surface area contributed by atoms with E-state index in [9.17, 15) is 26.7 Å². The fourth-order valence-corrected chi connectivity index (χ4v) is 1.44. The van der Waals surface area contributed by atoms with Crippen LogP contribution in [0.25, 0.3) is 0 Å². The molecule has 0 bridgehead atoms. The highest BCUT2D eigenvalue weighted by Gasteiger charge is 2.27. The maximum Gasteiger partial charge on any atom is 0.239 e. The molecule has 1 aromatic rings. The first kappa shape index (κ1) is 13.6. The summed E-state index contributed by atoms with van der Waals surface area (Å²) >= 11 is 0. The van der Waals surface area contributed by atoms with Crippen molar-refractivity contribution in [2.75, 3.05) is 11.9 Å². The molecule has 2 N–H and O–H groups in total. The van der Waals surface area contributed by atoms with Gasteiger partial charge in [-0.05, 0) is 12.8 Å². The first-order valence-electron chi connectivity index (χ1n) is 5.46. The predicted octanol–water partition coefficient (Wildman–Crippen LogP) is 2.07. The minimum absolute atomic E-state index is 0.0330. The zero-order valence-corrected chi connectivity index (χ0v) is 9.50. The third-order valence-electron chi connectivity index (χ3n) is 2.58. The summed E-state index contributed by atoms with van der Waals surface area (Å²) in [4.78, 5) is 11.2. The summed E-state index contributed by atoms with van der Waals surface area (Å²) in [5.41, 5.74) is -1.21. The average molecular weight is 280 g/mol. The highest BCUT2D eigenvalue weighted by molar-refractivity contribution is 5.81. The van der Waals surface area contributed by atoms with Crippen molar-refractivity contribution in [1.82, 2.24) is 5.32 Å². The molecule has 3 nitrogen and oxygen atoms in total. The Morgan fingerprint density at radius 3 is 1.89 bits per heavy atom. The Balaban J connectivity index is 2.13. The lowest BCUT2D eigenvalue weighted by Crippen LogP contribution is -2.32. The van der Waals surface area contributed by atoms with Gasteiger partial charge >= 0.3 is 0 Å². The summed E-state index contributed by atoms with van der Waals surface area (Å²) in [5, 5.41) is 4.41. The van der Waals surface area contributed by atoms with Gasteiger partial charge in [0.1, 0.15) is 5.69 Å². The van der Waals surface area contributed by atoms with E-state index >= 15 is 0 Å². The van der Waals surface area contributed by atoms with Gasteiger partial charge in [0.25, 0.3) is 0 Å². The normalized spacial score (nSPS) is 14.4. The molecule has 19 heavy (non-hydrogen) atoms. The van der Waals surface area contributed by atoms with E-state index in [-0.39, 0.29) is 6.04 Å². The molecule has 8 heteroatoms. The van der Waals surface area contributed by atoms with Gasteiger partial charge in [0.05, 0.1) is 6.54 Å². The monoisotopic (exact) mass is 280 g/mol. The zero-order chi connectivity index (χ0) is 14.2. The van der Waals surface area contributed by atoms with Crippen molar-refractivity contribution < 1.29 is 26.7 Å². The van der Waals surface area contributed by atoms with E-state index in [1.54, 1.807) is 0 Å². The van der Waals surface area contributed by atoms with Crippen LogP contribution in [0.2, 0.25) is 0 Å². The Bertz CT molecular complexity index is 501. The van der Waals surface area contributed by atoms with E-state index in [0.29, 0.717) is 0 Å². The molecule has 1 fully saturated rings. The molecule has 0 saturated heterocycles. The molecule has 1 aliphatic carbocycles. The van der Waals surface area contributed by atoms with Gasteiger partial charge in [0.15, 0.2) is 23.3 Å². The van der Waals surface area contributed by atoms with Crippen molar-refractivity contribution in [2.45, 2.75) is 18.9 Å². The molecule has 104 valence electrons. The number of carbonyl (C=O) groups excluding carboxylic acids is 1. The molecule has 0 unspecified atom stereocenters. The van der Waals surface area contributed by atoms with Gasteiger partial charge in [0, 0.05) is 6.04 Å². The molecular weight excluding hydrogens is 271 g/mol. The van der Waals surface area contributed by atoms with Crippen LogP contribution in [-0.4, -0.2) is 18.5 Å². The predicted molar refractivity (Wildman–Crippen MR) is 55.9 cm³/mol. The zero-order valence-electron chi connectivity index (χ0n) is 9.50. The lowest BCUT2D eigenvalue weighted by atomic mass is 10.2. The molecule has 2 rings (SSSR count). The van der Waals surface area contributed by atoms with Crippen LogP contribution in [0.4, 0.5) is 27.6 Å². The molecule has 1 aliphatic rings. The SMILES string of the molecule is O=C(CNc1c(F)c(F)c(F)c(F)c1F)NC1CC1. The fraction of sp³-hybridized carbons (Fsp3) is 0.364. The van der Waals surface area contributed by atoms with Crippen LogP contribution >= 0.6 is 0 Å². The van der Waals surface area contributed by atoms with E-state index in [0.717, 1.165) is 12.8 Å². The number of rotatable bonds is 4. The highest BCUT2D eigenvalue weighted by Crippen LogP contribution is 2.26. The number of hydrogen-bond donors (Lipinski definition) is 2. The summed E-state index contributed by atoms with van der Waals surface area (Å²) in [5.74, 6) is -10.9. The van der Waals surface area contributed by atoms with Crippen molar-refractivity contribution in [2.24, 2.45) is 0 Å². The Hall–Kier alpha value is -1.86. The second kappa shape index (κ2) is 5.02. The number of anilines is 1. The number of carbonyl (C=O) groups is 1. The van der Waals surface area contributed by atoms with Crippen LogP contribution in [0.3, 0.4) is 0 Å². The Labute approximate surface area is 104 Å².